The van der Waals surface area contributed by atoms with Gasteiger partial charge in [-0.25, -0.2) is 4.39 Å². The molecule has 2 rings (SSSR count). The molecule has 0 aromatic heterocycles. The molecule has 0 amide bonds. The molecule has 0 bridgehead atoms. The van der Waals surface area contributed by atoms with Gasteiger partial charge in [0, 0.05) is 5.02 Å². The van der Waals surface area contributed by atoms with Gasteiger partial charge >= 0.3 is 0 Å². The van der Waals surface area contributed by atoms with Gasteiger partial charge in [-0.3, -0.25) is 9.69 Å². The van der Waals surface area contributed by atoms with Gasteiger partial charge < -0.3 is 0 Å². The van der Waals surface area contributed by atoms with Gasteiger partial charge in [-0.2, -0.15) is 0 Å². The third-order valence-corrected chi connectivity index (χ3v) is 4.62. The van der Waals surface area contributed by atoms with Gasteiger partial charge in [0.25, 0.3) is 0 Å². The second kappa shape index (κ2) is 6.23. The molecule has 1 aromatic rings. The van der Waals surface area contributed by atoms with Crippen molar-refractivity contribution in [3.63, 3.8) is 0 Å². The summed E-state index contributed by atoms with van der Waals surface area (Å²) in [5, 5.41) is 0.318. The third kappa shape index (κ3) is 2.89. The monoisotopic (exact) mass is 297 g/mol. The first-order chi connectivity index (χ1) is 9.47. The van der Waals surface area contributed by atoms with Crippen LogP contribution in [0.3, 0.4) is 0 Å². The van der Waals surface area contributed by atoms with E-state index in [4.69, 9.17) is 11.6 Å². The zero-order chi connectivity index (χ0) is 14.8. The van der Waals surface area contributed by atoms with E-state index in [2.05, 4.69) is 0 Å². The number of ketones is 1. The highest BCUT2D eigenvalue weighted by molar-refractivity contribution is 6.30. The number of rotatable bonds is 3. The fraction of sp³-hybridized carbons (Fsp3) is 0.562. The van der Waals surface area contributed by atoms with Crippen LogP contribution >= 0.6 is 11.6 Å². The van der Waals surface area contributed by atoms with E-state index in [0.29, 0.717) is 5.02 Å². The molecule has 0 N–H and O–H groups in total. The Balaban J connectivity index is 2.40. The predicted molar refractivity (Wildman–Crippen MR) is 79.9 cm³/mol. The normalized spacial score (nSPS) is 18.9. The molecule has 0 aliphatic heterocycles. The Kier molecular flexibility index (Phi) is 4.82. The lowest BCUT2D eigenvalue weighted by molar-refractivity contribution is 0.0630. The molecule has 2 nitrogen and oxygen atoms in total. The number of hydrogen-bond donors (Lipinski definition) is 0. The summed E-state index contributed by atoms with van der Waals surface area (Å²) in [6, 6.07) is 4.31. The Morgan fingerprint density at radius 1 is 1.20 bits per heavy atom. The molecule has 0 radical (unpaired) electrons. The summed E-state index contributed by atoms with van der Waals surface area (Å²) in [6.07, 6.45) is 5.90. The Morgan fingerprint density at radius 3 is 2.30 bits per heavy atom. The fourth-order valence-electron chi connectivity index (χ4n) is 3.12. The topological polar surface area (TPSA) is 20.3 Å². The molecule has 110 valence electrons. The van der Waals surface area contributed by atoms with Crippen molar-refractivity contribution < 1.29 is 9.18 Å². The molecular formula is C16H21ClFNO. The zero-order valence-corrected chi connectivity index (χ0v) is 12.8. The van der Waals surface area contributed by atoms with Crippen LogP contribution in [0.1, 0.15) is 48.9 Å². The van der Waals surface area contributed by atoms with Gasteiger partial charge in [0.2, 0.25) is 0 Å². The molecule has 4 heteroatoms. The number of carbonyl (C=O) groups excluding carboxylic acids is 1. The second-order valence-corrected chi connectivity index (χ2v) is 6.23. The van der Waals surface area contributed by atoms with Crippen molar-refractivity contribution in [3.05, 3.63) is 34.6 Å². The average Bonchev–Trinajstić information content (AvgIpc) is 2.64. The minimum absolute atomic E-state index is 0.112. The maximum atomic E-state index is 14.1. The summed E-state index contributed by atoms with van der Waals surface area (Å²) < 4.78 is 14.1. The SMILES string of the molecule is CN(C)C1(C(=O)c2ccc(Cl)cc2F)CCCCCC1. The number of hydrogen-bond acceptors (Lipinski definition) is 2. The van der Waals surface area contributed by atoms with Crippen LogP contribution in [0.25, 0.3) is 0 Å². The number of halogens is 2. The minimum atomic E-state index is -0.578. The van der Waals surface area contributed by atoms with Crippen molar-refractivity contribution >= 4 is 17.4 Å². The Hall–Kier alpha value is -0.930. The van der Waals surface area contributed by atoms with Crippen LogP contribution < -0.4 is 0 Å². The first-order valence-electron chi connectivity index (χ1n) is 7.15. The van der Waals surface area contributed by atoms with Gasteiger partial charge in [-0.1, -0.05) is 37.3 Å². The number of likely N-dealkylation sites (N-methyl/N-ethyl adjacent to an activating group) is 1. The van der Waals surface area contributed by atoms with Gasteiger partial charge in [0.15, 0.2) is 5.78 Å². The van der Waals surface area contributed by atoms with E-state index in [9.17, 15) is 9.18 Å². The van der Waals surface area contributed by atoms with E-state index >= 15 is 0 Å². The summed E-state index contributed by atoms with van der Waals surface area (Å²) in [5.74, 6) is -0.633. The van der Waals surface area contributed by atoms with Crippen molar-refractivity contribution in [2.45, 2.75) is 44.1 Å². The highest BCUT2D eigenvalue weighted by Gasteiger charge is 2.41. The molecule has 1 fully saturated rings. The standard InChI is InChI=1S/C16H21ClFNO/c1-19(2)16(9-5-3-4-6-10-16)15(20)13-8-7-12(17)11-14(13)18/h7-8,11H,3-6,9-10H2,1-2H3. The lowest BCUT2D eigenvalue weighted by Crippen LogP contribution is -2.51. The van der Waals surface area contributed by atoms with E-state index in [0.717, 1.165) is 38.5 Å². The van der Waals surface area contributed by atoms with Crippen LogP contribution in [0, 0.1) is 5.82 Å². The van der Waals surface area contributed by atoms with Gasteiger partial charge in [0.05, 0.1) is 11.1 Å². The first kappa shape index (κ1) is 15.5. The number of benzene rings is 1. The molecule has 1 aromatic carbocycles. The highest BCUT2D eigenvalue weighted by atomic mass is 35.5. The van der Waals surface area contributed by atoms with Crippen LogP contribution in [0.15, 0.2) is 18.2 Å². The molecule has 0 spiro atoms. The van der Waals surface area contributed by atoms with E-state index in [-0.39, 0.29) is 11.3 Å². The fourth-order valence-corrected chi connectivity index (χ4v) is 3.27. The zero-order valence-electron chi connectivity index (χ0n) is 12.1. The van der Waals surface area contributed by atoms with Crippen molar-refractivity contribution in [3.8, 4) is 0 Å². The maximum Gasteiger partial charge on any atom is 0.185 e. The van der Waals surface area contributed by atoms with Crippen molar-refractivity contribution in [1.29, 1.82) is 0 Å². The van der Waals surface area contributed by atoms with Crippen LogP contribution in [0.4, 0.5) is 4.39 Å². The van der Waals surface area contributed by atoms with Gasteiger partial charge in [-0.05, 0) is 45.1 Å². The lowest BCUT2D eigenvalue weighted by Gasteiger charge is -2.38. The highest BCUT2D eigenvalue weighted by Crippen LogP contribution is 2.35. The lowest BCUT2D eigenvalue weighted by atomic mass is 9.81. The number of carbonyl (C=O) groups is 1. The summed E-state index contributed by atoms with van der Waals surface area (Å²) in [5.41, 5.74) is -0.421. The predicted octanol–water partition coefficient (Wildman–Crippen LogP) is 4.32. The van der Waals surface area contributed by atoms with E-state index in [1.165, 1.54) is 12.1 Å². The smallest absolute Gasteiger partial charge is 0.185 e. The molecule has 0 atom stereocenters. The van der Waals surface area contributed by atoms with E-state index < -0.39 is 11.4 Å². The summed E-state index contributed by atoms with van der Waals surface area (Å²) in [6.45, 7) is 0. The molecule has 0 heterocycles. The van der Waals surface area contributed by atoms with Crippen LogP contribution in [-0.4, -0.2) is 30.3 Å². The van der Waals surface area contributed by atoms with Crippen LogP contribution in [-0.2, 0) is 0 Å². The summed E-state index contributed by atoms with van der Waals surface area (Å²) in [7, 11) is 3.83. The Bertz CT molecular complexity index is 493. The summed E-state index contributed by atoms with van der Waals surface area (Å²) >= 11 is 5.77. The quantitative estimate of drug-likeness (QED) is 0.612. The largest absolute Gasteiger partial charge is 0.297 e. The second-order valence-electron chi connectivity index (χ2n) is 5.79. The molecule has 0 saturated heterocycles. The molecule has 1 aliphatic rings. The molecule has 1 saturated carbocycles. The number of nitrogens with zero attached hydrogens (tertiary/aromatic N) is 1. The Morgan fingerprint density at radius 2 is 1.80 bits per heavy atom. The molecule has 0 unspecified atom stereocenters. The van der Waals surface area contributed by atoms with Gasteiger partial charge in [-0.15, -0.1) is 0 Å². The van der Waals surface area contributed by atoms with Crippen molar-refractivity contribution in [1.82, 2.24) is 4.90 Å². The van der Waals surface area contributed by atoms with E-state index in [1.807, 2.05) is 19.0 Å². The first-order valence-corrected chi connectivity index (χ1v) is 7.52. The number of Topliss-reactive ketones (excluding diaryl/α,β-unsaturated/α-hetero) is 1. The van der Waals surface area contributed by atoms with Gasteiger partial charge in [0.1, 0.15) is 5.82 Å². The summed E-state index contributed by atoms with van der Waals surface area (Å²) in [4.78, 5) is 14.9. The molecule has 1 aliphatic carbocycles. The average molecular weight is 298 g/mol. The van der Waals surface area contributed by atoms with Crippen molar-refractivity contribution in [2.75, 3.05) is 14.1 Å². The maximum absolute atomic E-state index is 14.1. The van der Waals surface area contributed by atoms with Crippen molar-refractivity contribution in [2.24, 2.45) is 0 Å². The molecular weight excluding hydrogens is 277 g/mol. The van der Waals surface area contributed by atoms with Crippen LogP contribution in [0.2, 0.25) is 5.02 Å². The third-order valence-electron chi connectivity index (χ3n) is 4.39. The van der Waals surface area contributed by atoms with E-state index in [1.54, 1.807) is 6.07 Å². The Labute approximate surface area is 124 Å². The minimum Gasteiger partial charge on any atom is -0.297 e. The van der Waals surface area contributed by atoms with Crippen LogP contribution in [0.5, 0.6) is 0 Å². The molecule has 20 heavy (non-hydrogen) atoms.